The highest BCUT2D eigenvalue weighted by Gasteiger charge is 2.16. The first-order valence-corrected chi connectivity index (χ1v) is 8.12. The first kappa shape index (κ1) is 13.5. The van der Waals surface area contributed by atoms with E-state index < -0.39 is 0 Å². The summed E-state index contributed by atoms with van der Waals surface area (Å²) in [5.74, 6) is 0.00815. The molecule has 0 unspecified atom stereocenters. The highest BCUT2D eigenvalue weighted by atomic mass is 127. The SMILES string of the molecule is O=C(c1ccc(I)cc1)n1c2ccccc2c2ccccc21. The number of carbonyl (C=O) groups is 1. The number of para-hydroxylation sites is 2. The molecule has 0 fully saturated rings. The molecular weight excluding hydrogens is 385 g/mol. The van der Waals surface area contributed by atoms with Crippen LogP contribution in [0.5, 0.6) is 0 Å². The number of nitrogens with zero attached hydrogens (tertiary/aromatic N) is 1. The lowest BCUT2D eigenvalue weighted by molar-refractivity contribution is 0.0969. The molecule has 3 heteroatoms. The highest BCUT2D eigenvalue weighted by molar-refractivity contribution is 14.1. The molecule has 0 saturated carbocycles. The molecule has 4 rings (SSSR count). The van der Waals surface area contributed by atoms with Gasteiger partial charge in [-0.2, -0.15) is 0 Å². The Morgan fingerprint density at radius 2 is 1.23 bits per heavy atom. The average Bonchev–Trinajstić information content (AvgIpc) is 2.89. The Kier molecular flexibility index (Phi) is 3.22. The molecule has 0 bridgehead atoms. The Labute approximate surface area is 141 Å². The van der Waals surface area contributed by atoms with Crippen LogP contribution in [0.1, 0.15) is 10.4 Å². The maximum atomic E-state index is 13.0. The Morgan fingerprint density at radius 3 is 1.77 bits per heavy atom. The number of aromatic nitrogens is 1. The molecule has 0 radical (unpaired) electrons. The van der Waals surface area contributed by atoms with Gasteiger partial charge in [0.2, 0.25) is 0 Å². The molecule has 0 aliphatic rings. The van der Waals surface area contributed by atoms with Crippen molar-refractivity contribution in [3.63, 3.8) is 0 Å². The van der Waals surface area contributed by atoms with Crippen LogP contribution in [0.25, 0.3) is 21.8 Å². The second-order valence-corrected chi connectivity index (χ2v) is 6.43. The Balaban J connectivity index is 2.04. The fourth-order valence-electron chi connectivity index (χ4n) is 2.86. The lowest BCUT2D eigenvalue weighted by atomic mass is 10.2. The summed E-state index contributed by atoms with van der Waals surface area (Å²) in [5, 5.41) is 2.22. The maximum absolute atomic E-state index is 13.0. The fraction of sp³-hybridized carbons (Fsp3) is 0. The molecule has 0 aliphatic carbocycles. The topological polar surface area (TPSA) is 22.0 Å². The van der Waals surface area contributed by atoms with E-state index in [9.17, 15) is 4.79 Å². The van der Waals surface area contributed by atoms with Crippen molar-refractivity contribution < 1.29 is 4.79 Å². The summed E-state index contributed by atoms with van der Waals surface area (Å²) in [6.07, 6.45) is 0. The van der Waals surface area contributed by atoms with Crippen LogP contribution in [0, 0.1) is 3.57 Å². The summed E-state index contributed by atoms with van der Waals surface area (Å²) in [6.45, 7) is 0. The largest absolute Gasteiger partial charge is 0.276 e. The Bertz CT molecular complexity index is 946. The standard InChI is InChI=1S/C19H12INO/c20-14-11-9-13(10-12-14)19(22)21-17-7-3-1-5-15(17)16-6-2-4-8-18(16)21/h1-12H. The van der Waals surface area contributed by atoms with E-state index in [-0.39, 0.29) is 5.91 Å². The molecule has 22 heavy (non-hydrogen) atoms. The number of halogens is 1. The van der Waals surface area contributed by atoms with Crippen LogP contribution >= 0.6 is 22.6 Å². The van der Waals surface area contributed by atoms with E-state index in [1.807, 2.05) is 65.2 Å². The number of fused-ring (bicyclic) bond motifs is 3. The van der Waals surface area contributed by atoms with Gasteiger partial charge in [-0.3, -0.25) is 9.36 Å². The van der Waals surface area contributed by atoms with Crippen molar-refractivity contribution >= 4 is 50.3 Å². The zero-order chi connectivity index (χ0) is 15.1. The van der Waals surface area contributed by atoms with Crippen molar-refractivity contribution in [1.82, 2.24) is 4.57 Å². The van der Waals surface area contributed by atoms with Gasteiger partial charge in [0.05, 0.1) is 11.0 Å². The highest BCUT2D eigenvalue weighted by Crippen LogP contribution is 2.29. The molecule has 1 aromatic heterocycles. The molecule has 4 aromatic rings. The first-order chi connectivity index (χ1) is 10.8. The van der Waals surface area contributed by atoms with Gasteiger partial charge in [0.1, 0.15) is 0 Å². The van der Waals surface area contributed by atoms with E-state index in [4.69, 9.17) is 0 Å². The van der Waals surface area contributed by atoms with E-state index in [2.05, 4.69) is 34.7 Å². The van der Waals surface area contributed by atoms with Crippen LogP contribution < -0.4 is 0 Å². The van der Waals surface area contributed by atoms with Gasteiger partial charge in [-0.25, -0.2) is 0 Å². The molecule has 2 nitrogen and oxygen atoms in total. The van der Waals surface area contributed by atoms with E-state index in [1.54, 1.807) is 0 Å². The fourth-order valence-corrected chi connectivity index (χ4v) is 3.22. The van der Waals surface area contributed by atoms with Crippen LogP contribution in [-0.2, 0) is 0 Å². The van der Waals surface area contributed by atoms with Crippen molar-refractivity contribution in [2.45, 2.75) is 0 Å². The molecule has 106 valence electrons. The van der Waals surface area contributed by atoms with Gasteiger partial charge in [-0.05, 0) is 59.0 Å². The molecule has 0 aliphatic heterocycles. The summed E-state index contributed by atoms with van der Waals surface area (Å²) in [4.78, 5) is 13.0. The van der Waals surface area contributed by atoms with E-state index >= 15 is 0 Å². The zero-order valence-corrected chi connectivity index (χ0v) is 13.8. The minimum absolute atomic E-state index is 0.00815. The van der Waals surface area contributed by atoms with E-state index in [0.29, 0.717) is 5.56 Å². The van der Waals surface area contributed by atoms with Gasteiger partial charge in [0.25, 0.3) is 5.91 Å². The number of hydrogen-bond donors (Lipinski definition) is 0. The number of carbonyl (C=O) groups excluding carboxylic acids is 1. The molecule has 0 saturated heterocycles. The smallest absolute Gasteiger partial charge is 0.262 e. The number of rotatable bonds is 1. The predicted molar refractivity (Wildman–Crippen MR) is 98.3 cm³/mol. The zero-order valence-electron chi connectivity index (χ0n) is 11.7. The van der Waals surface area contributed by atoms with Crippen molar-refractivity contribution in [2.75, 3.05) is 0 Å². The summed E-state index contributed by atoms with van der Waals surface area (Å²) in [5.41, 5.74) is 2.60. The summed E-state index contributed by atoms with van der Waals surface area (Å²) >= 11 is 2.24. The number of benzene rings is 3. The number of hydrogen-bond acceptors (Lipinski definition) is 1. The second kappa shape index (κ2) is 5.25. The second-order valence-electron chi connectivity index (χ2n) is 5.18. The maximum Gasteiger partial charge on any atom is 0.262 e. The summed E-state index contributed by atoms with van der Waals surface area (Å²) < 4.78 is 2.93. The summed E-state index contributed by atoms with van der Waals surface area (Å²) in [6, 6.07) is 23.8. The van der Waals surface area contributed by atoms with Crippen molar-refractivity contribution in [2.24, 2.45) is 0 Å². The first-order valence-electron chi connectivity index (χ1n) is 7.04. The van der Waals surface area contributed by atoms with Gasteiger partial charge >= 0.3 is 0 Å². The van der Waals surface area contributed by atoms with Gasteiger partial charge in [0, 0.05) is 19.9 Å². The van der Waals surface area contributed by atoms with Crippen LogP contribution in [0.4, 0.5) is 0 Å². The molecule has 0 amide bonds. The predicted octanol–water partition coefficient (Wildman–Crippen LogP) is 5.09. The van der Waals surface area contributed by atoms with Crippen molar-refractivity contribution in [1.29, 1.82) is 0 Å². The van der Waals surface area contributed by atoms with E-state index in [1.165, 1.54) is 0 Å². The molecule has 0 N–H and O–H groups in total. The monoisotopic (exact) mass is 397 g/mol. The minimum atomic E-state index is 0.00815. The van der Waals surface area contributed by atoms with Crippen molar-refractivity contribution in [3.8, 4) is 0 Å². The van der Waals surface area contributed by atoms with Crippen LogP contribution in [0.15, 0.2) is 72.8 Å². The van der Waals surface area contributed by atoms with Crippen LogP contribution in [0.3, 0.4) is 0 Å². The molecule has 3 aromatic carbocycles. The third-order valence-electron chi connectivity index (χ3n) is 3.87. The van der Waals surface area contributed by atoms with Crippen LogP contribution in [-0.4, -0.2) is 10.5 Å². The van der Waals surface area contributed by atoms with Gasteiger partial charge in [-0.15, -0.1) is 0 Å². The van der Waals surface area contributed by atoms with Gasteiger partial charge < -0.3 is 0 Å². The molecule has 0 atom stereocenters. The van der Waals surface area contributed by atoms with Crippen molar-refractivity contribution in [3.05, 3.63) is 81.9 Å². The average molecular weight is 397 g/mol. The quantitative estimate of drug-likeness (QED) is 0.411. The van der Waals surface area contributed by atoms with Crippen LogP contribution in [0.2, 0.25) is 0 Å². The minimum Gasteiger partial charge on any atom is -0.276 e. The summed E-state index contributed by atoms with van der Waals surface area (Å²) in [7, 11) is 0. The molecule has 1 heterocycles. The lowest BCUT2D eigenvalue weighted by Gasteiger charge is -2.06. The molecular formula is C19H12INO. The van der Waals surface area contributed by atoms with E-state index in [0.717, 1.165) is 25.4 Å². The molecule has 0 spiro atoms. The lowest BCUT2D eigenvalue weighted by Crippen LogP contribution is -2.11. The Morgan fingerprint density at radius 1 is 0.727 bits per heavy atom. The normalized spacial score (nSPS) is 11.1. The van der Waals surface area contributed by atoms with Gasteiger partial charge in [-0.1, -0.05) is 36.4 Å². The Hall–Kier alpha value is -2.14. The third kappa shape index (κ3) is 2.04. The van der Waals surface area contributed by atoms with Gasteiger partial charge in [0.15, 0.2) is 0 Å². The third-order valence-corrected chi connectivity index (χ3v) is 4.59.